The molecule has 0 aromatic heterocycles. The summed E-state index contributed by atoms with van der Waals surface area (Å²) in [5.74, 6) is 1.32. The molecular formula is C27H46O5. The summed E-state index contributed by atoms with van der Waals surface area (Å²) < 4.78 is 0. The Labute approximate surface area is 194 Å². The first-order valence-electron chi connectivity index (χ1n) is 13.3. The number of aliphatic hydroxyl groups is 3. The highest BCUT2D eigenvalue weighted by Crippen LogP contribution is 2.68. The fourth-order valence-corrected chi connectivity index (χ4v) is 9.22. The number of aliphatic hydroxyl groups excluding tert-OH is 3. The molecule has 0 amide bonds. The second kappa shape index (κ2) is 8.85. The van der Waals surface area contributed by atoms with E-state index in [0.717, 1.165) is 32.1 Å². The van der Waals surface area contributed by atoms with Crippen LogP contribution in [0.3, 0.4) is 0 Å². The maximum Gasteiger partial charge on any atom is 0.308 e. The highest BCUT2D eigenvalue weighted by Gasteiger charge is 2.62. The van der Waals surface area contributed by atoms with E-state index < -0.39 is 18.0 Å². The van der Waals surface area contributed by atoms with Gasteiger partial charge in [-0.2, -0.15) is 0 Å². The summed E-state index contributed by atoms with van der Waals surface area (Å²) in [6.07, 6.45) is 8.64. The lowest BCUT2D eigenvalue weighted by Gasteiger charge is -2.62. The van der Waals surface area contributed by atoms with Crippen LogP contribution in [0.1, 0.15) is 91.9 Å². The number of fused-ring (bicyclic) bond motifs is 5. The molecule has 0 bridgehead atoms. The van der Waals surface area contributed by atoms with Gasteiger partial charge < -0.3 is 20.4 Å². The summed E-state index contributed by atoms with van der Waals surface area (Å²) in [4.78, 5) is 11.2. The fourth-order valence-electron chi connectivity index (χ4n) is 9.22. The minimum Gasteiger partial charge on any atom is -0.481 e. The van der Waals surface area contributed by atoms with Gasteiger partial charge in [-0.05, 0) is 117 Å². The van der Waals surface area contributed by atoms with Gasteiger partial charge in [-0.25, -0.2) is 0 Å². The second-order valence-corrected chi connectivity index (χ2v) is 12.7. The van der Waals surface area contributed by atoms with Gasteiger partial charge in [-0.15, -0.1) is 0 Å². The molecule has 0 aliphatic heterocycles. The average molecular weight is 451 g/mol. The van der Waals surface area contributed by atoms with Crippen molar-refractivity contribution in [3.8, 4) is 0 Å². The lowest BCUT2D eigenvalue weighted by molar-refractivity contribution is -0.174. The predicted molar refractivity (Wildman–Crippen MR) is 124 cm³/mol. The van der Waals surface area contributed by atoms with Gasteiger partial charge in [0.1, 0.15) is 0 Å². The molecule has 12 atom stereocenters. The van der Waals surface area contributed by atoms with Gasteiger partial charge in [0.2, 0.25) is 0 Å². The van der Waals surface area contributed by atoms with Gasteiger partial charge in [-0.1, -0.05) is 20.8 Å². The van der Waals surface area contributed by atoms with Crippen LogP contribution in [-0.4, -0.2) is 44.7 Å². The molecule has 0 spiro atoms. The van der Waals surface area contributed by atoms with Crippen LogP contribution in [-0.2, 0) is 4.79 Å². The Hall–Kier alpha value is -0.650. The normalized spacial score (nSPS) is 48.8. The van der Waals surface area contributed by atoms with Crippen LogP contribution in [0.5, 0.6) is 0 Å². The van der Waals surface area contributed by atoms with Crippen LogP contribution in [0.4, 0.5) is 0 Å². The number of carboxylic acids is 1. The lowest BCUT2D eigenvalue weighted by Crippen LogP contribution is -2.58. The minimum absolute atomic E-state index is 0.193. The largest absolute Gasteiger partial charge is 0.481 e. The van der Waals surface area contributed by atoms with E-state index in [9.17, 15) is 25.2 Å². The predicted octanol–water partition coefficient (Wildman–Crippen LogP) is 4.47. The highest BCUT2D eigenvalue weighted by molar-refractivity contribution is 5.70. The molecule has 0 aromatic carbocycles. The number of carboxylic acid groups (broad SMARTS) is 1. The molecule has 4 rings (SSSR count). The summed E-state index contributed by atoms with van der Waals surface area (Å²) in [7, 11) is 0. The first-order valence-corrected chi connectivity index (χ1v) is 13.3. The molecule has 5 heteroatoms. The number of hydrogen-bond acceptors (Lipinski definition) is 4. The van der Waals surface area contributed by atoms with Crippen LogP contribution in [0.25, 0.3) is 0 Å². The van der Waals surface area contributed by atoms with Crippen molar-refractivity contribution in [3.63, 3.8) is 0 Å². The summed E-state index contributed by atoms with van der Waals surface area (Å²) in [6, 6.07) is 0. The molecule has 5 nitrogen and oxygen atoms in total. The standard InChI is InChI=1S/C27H46O5/c1-15(5-8-22(29)16(2)25(31)32)19-6-7-20-24-21(10-12-27(19,20)4)26(3)11-9-18(28)13-17(26)14-23(24)30/h15-24,28-30H,5-14H2,1-4H3,(H,31,32)/t15-,16-,17+,18-,19-,20+,21+,22-,23-,24+,26+,27-/m1/s1. The summed E-state index contributed by atoms with van der Waals surface area (Å²) in [5, 5.41) is 41.1. The molecule has 0 saturated heterocycles. The Balaban J connectivity index is 1.47. The van der Waals surface area contributed by atoms with E-state index in [1.807, 2.05) is 0 Å². The van der Waals surface area contributed by atoms with Crippen molar-refractivity contribution in [3.05, 3.63) is 0 Å². The van der Waals surface area contributed by atoms with Crippen LogP contribution < -0.4 is 0 Å². The van der Waals surface area contributed by atoms with Gasteiger partial charge in [0.25, 0.3) is 0 Å². The molecular weight excluding hydrogens is 404 g/mol. The maximum absolute atomic E-state index is 11.3. The third-order valence-electron chi connectivity index (χ3n) is 11.3. The van der Waals surface area contributed by atoms with Crippen molar-refractivity contribution in [1.29, 1.82) is 0 Å². The van der Waals surface area contributed by atoms with Gasteiger partial charge in [0, 0.05) is 0 Å². The Morgan fingerprint density at radius 3 is 2.28 bits per heavy atom. The summed E-state index contributed by atoms with van der Waals surface area (Å²) in [6.45, 7) is 8.80. The number of rotatable bonds is 6. The van der Waals surface area contributed by atoms with Gasteiger partial charge >= 0.3 is 5.97 Å². The molecule has 4 aliphatic carbocycles. The lowest BCUT2D eigenvalue weighted by atomic mass is 9.43. The maximum atomic E-state index is 11.3. The second-order valence-electron chi connectivity index (χ2n) is 12.7. The zero-order chi connectivity index (χ0) is 23.4. The first-order chi connectivity index (χ1) is 15.0. The fraction of sp³-hybridized carbons (Fsp3) is 0.963. The Morgan fingerprint density at radius 1 is 0.938 bits per heavy atom. The zero-order valence-corrected chi connectivity index (χ0v) is 20.5. The van der Waals surface area contributed by atoms with Crippen LogP contribution in [0.15, 0.2) is 0 Å². The Bertz CT molecular complexity index is 696. The Kier molecular flexibility index (Phi) is 6.77. The van der Waals surface area contributed by atoms with Gasteiger partial charge in [0.05, 0.1) is 24.2 Å². The molecule has 4 fully saturated rings. The zero-order valence-electron chi connectivity index (χ0n) is 20.5. The van der Waals surface area contributed by atoms with Crippen molar-refractivity contribution < 1.29 is 25.2 Å². The highest BCUT2D eigenvalue weighted by atomic mass is 16.4. The van der Waals surface area contributed by atoms with E-state index >= 15 is 0 Å². The first kappa shape index (κ1) is 24.5. The van der Waals surface area contributed by atoms with Gasteiger partial charge in [0.15, 0.2) is 0 Å². The van der Waals surface area contributed by atoms with E-state index in [-0.39, 0.29) is 23.0 Å². The van der Waals surface area contributed by atoms with Crippen molar-refractivity contribution in [2.75, 3.05) is 0 Å². The average Bonchev–Trinajstić information content (AvgIpc) is 3.09. The molecule has 32 heavy (non-hydrogen) atoms. The molecule has 184 valence electrons. The number of hydrogen-bond donors (Lipinski definition) is 4. The van der Waals surface area contributed by atoms with E-state index in [1.54, 1.807) is 6.92 Å². The van der Waals surface area contributed by atoms with E-state index in [4.69, 9.17) is 0 Å². The minimum atomic E-state index is -0.926. The topological polar surface area (TPSA) is 98.0 Å². The van der Waals surface area contributed by atoms with Crippen LogP contribution >= 0.6 is 0 Å². The van der Waals surface area contributed by atoms with Crippen molar-refractivity contribution >= 4 is 5.97 Å². The SMILES string of the molecule is C[C@H](CC[C@@H](O)[C@@H](C)C(=O)O)[C@H]1CC[C@H]2[C@@H]3[C@H](O)C[C@@H]4C[C@H](O)CC[C@]4(C)[C@H]3CC[C@]12C. The molecule has 0 heterocycles. The van der Waals surface area contributed by atoms with Gasteiger partial charge in [-0.3, -0.25) is 4.79 Å². The third-order valence-corrected chi connectivity index (χ3v) is 11.3. The van der Waals surface area contributed by atoms with Crippen LogP contribution in [0, 0.1) is 52.3 Å². The Morgan fingerprint density at radius 2 is 1.59 bits per heavy atom. The van der Waals surface area contributed by atoms with E-state index in [0.29, 0.717) is 41.9 Å². The summed E-state index contributed by atoms with van der Waals surface area (Å²) in [5.41, 5.74) is 0.480. The molecule has 0 unspecified atom stereocenters. The molecule has 4 aliphatic rings. The van der Waals surface area contributed by atoms with E-state index in [2.05, 4.69) is 20.8 Å². The van der Waals surface area contributed by atoms with Crippen LogP contribution in [0.2, 0.25) is 0 Å². The number of aliphatic carboxylic acids is 1. The number of carbonyl (C=O) groups is 1. The third kappa shape index (κ3) is 3.94. The summed E-state index contributed by atoms with van der Waals surface area (Å²) >= 11 is 0. The van der Waals surface area contributed by atoms with Crippen molar-refractivity contribution in [2.45, 2.75) is 110 Å². The quantitative estimate of drug-likeness (QED) is 0.478. The monoisotopic (exact) mass is 450 g/mol. The van der Waals surface area contributed by atoms with Crippen molar-refractivity contribution in [1.82, 2.24) is 0 Å². The molecule has 4 saturated carbocycles. The van der Waals surface area contributed by atoms with E-state index in [1.165, 1.54) is 25.7 Å². The van der Waals surface area contributed by atoms with Crippen molar-refractivity contribution in [2.24, 2.45) is 52.3 Å². The molecule has 4 N–H and O–H groups in total. The molecule has 0 aromatic rings. The smallest absolute Gasteiger partial charge is 0.308 e. The molecule has 0 radical (unpaired) electrons.